The fourth-order valence-corrected chi connectivity index (χ4v) is 3.55. The van der Waals surface area contributed by atoms with Crippen molar-refractivity contribution in [3.8, 4) is 5.75 Å². The third-order valence-corrected chi connectivity index (χ3v) is 5.00. The summed E-state index contributed by atoms with van der Waals surface area (Å²) < 4.78 is 18.8. The molecule has 1 aliphatic rings. The van der Waals surface area contributed by atoms with Crippen molar-refractivity contribution in [3.05, 3.63) is 70.2 Å². The highest BCUT2D eigenvalue weighted by atomic mass is 35.5. The van der Waals surface area contributed by atoms with E-state index in [1.54, 1.807) is 24.3 Å². The second kappa shape index (κ2) is 8.25. The molecule has 1 amide bonds. The Labute approximate surface area is 173 Å². The van der Waals surface area contributed by atoms with Crippen molar-refractivity contribution < 1.29 is 23.8 Å². The molecule has 152 valence electrons. The van der Waals surface area contributed by atoms with Crippen LogP contribution in [0.5, 0.6) is 5.75 Å². The number of Topliss-reactive ketones (excluding diaryl/α,β-unsaturated/α-hetero) is 1. The van der Waals surface area contributed by atoms with Crippen molar-refractivity contribution in [1.82, 2.24) is 0 Å². The van der Waals surface area contributed by atoms with Gasteiger partial charge < -0.3 is 9.84 Å². The molecule has 1 N–H and O–H groups in total. The minimum absolute atomic E-state index is 0.0225. The molecule has 5 nitrogen and oxygen atoms in total. The maximum Gasteiger partial charge on any atom is 0.294 e. The number of aliphatic hydroxyl groups excluding tert-OH is 1. The molecule has 2 aromatic rings. The number of ether oxygens (including phenoxy) is 1. The third kappa shape index (κ3) is 3.98. The Kier molecular flexibility index (Phi) is 5.94. The standard InChI is InChI=1S/C22H21ClFNO4/c1-12(2)10-18(26)19-20(13-4-7-15(29-3)8-5-13)25(22(28)21(19)27)14-6-9-17(24)16(23)11-14/h4-9,11-12,20,27H,10H2,1-3H3. The second-order valence-corrected chi connectivity index (χ2v) is 7.64. The fraction of sp³-hybridized carbons (Fsp3) is 0.273. The highest BCUT2D eigenvalue weighted by Crippen LogP contribution is 2.42. The molecule has 1 unspecified atom stereocenters. The monoisotopic (exact) mass is 417 g/mol. The van der Waals surface area contributed by atoms with Crippen LogP contribution in [0.4, 0.5) is 10.1 Å². The summed E-state index contributed by atoms with van der Waals surface area (Å²) in [6.45, 7) is 3.76. The Hall–Kier alpha value is -2.86. The molecule has 29 heavy (non-hydrogen) atoms. The van der Waals surface area contributed by atoms with Crippen LogP contribution < -0.4 is 9.64 Å². The number of hydrogen-bond acceptors (Lipinski definition) is 4. The topological polar surface area (TPSA) is 66.8 Å². The van der Waals surface area contributed by atoms with Crippen LogP contribution >= 0.6 is 11.6 Å². The summed E-state index contributed by atoms with van der Waals surface area (Å²) in [5.74, 6) is -1.63. The summed E-state index contributed by atoms with van der Waals surface area (Å²) in [6.07, 6.45) is 0.178. The van der Waals surface area contributed by atoms with E-state index in [2.05, 4.69) is 0 Å². The molecule has 0 radical (unpaired) electrons. The van der Waals surface area contributed by atoms with E-state index in [1.807, 2.05) is 13.8 Å². The summed E-state index contributed by atoms with van der Waals surface area (Å²) >= 11 is 5.90. The lowest BCUT2D eigenvalue weighted by atomic mass is 9.92. The van der Waals surface area contributed by atoms with Gasteiger partial charge in [-0.05, 0) is 41.8 Å². The van der Waals surface area contributed by atoms with E-state index in [1.165, 1.54) is 24.1 Å². The third-order valence-electron chi connectivity index (χ3n) is 4.72. The molecule has 0 saturated carbocycles. The summed E-state index contributed by atoms with van der Waals surface area (Å²) in [6, 6.07) is 9.81. The van der Waals surface area contributed by atoms with Crippen molar-refractivity contribution in [3.63, 3.8) is 0 Å². The van der Waals surface area contributed by atoms with Crippen molar-refractivity contribution in [2.45, 2.75) is 26.3 Å². The van der Waals surface area contributed by atoms with Crippen LogP contribution in [0.3, 0.4) is 0 Å². The number of aliphatic hydroxyl groups is 1. The van der Waals surface area contributed by atoms with E-state index in [9.17, 15) is 19.1 Å². The molecule has 0 aromatic heterocycles. The Balaban J connectivity index is 2.15. The van der Waals surface area contributed by atoms with Crippen molar-refractivity contribution >= 4 is 29.0 Å². The molecule has 7 heteroatoms. The number of carbonyl (C=O) groups excluding carboxylic acids is 2. The van der Waals surface area contributed by atoms with Gasteiger partial charge in [-0.25, -0.2) is 4.39 Å². The van der Waals surface area contributed by atoms with E-state index in [0.717, 1.165) is 6.07 Å². The number of carbonyl (C=O) groups is 2. The van der Waals surface area contributed by atoms with Crippen LogP contribution in [0, 0.1) is 11.7 Å². The molecular weight excluding hydrogens is 397 g/mol. The Bertz CT molecular complexity index is 985. The molecule has 0 spiro atoms. The van der Waals surface area contributed by atoms with E-state index in [-0.39, 0.29) is 34.4 Å². The smallest absolute Gasteiger partial charge is 0.294 e. The number of benzene rings is 2. The zero-order chi connectivity index (χ0) is 21.3. The number of rotatable bonds is 6. The normalized spacial score (nSPS) is 16.7. The highest BCUT2D eigenvalue weighted by molar-refractivity contribution is 6.31. The molecule has 1 atom stereocenters. The van der Waals surface area contributed by atoms with Crippen LogP contribution in [-0.2, 0) is 9.59 Å². The van der Waals surface area contributed by atoms with E-state index in [4.69, 9.17) is 16.3 Å². The maximum atomic E-state index is 13.6. The van der Waals surface area contributed by atoms with Crippen LogP contribution in [0.2, 0.25) is 5.02 Å². The predicted octanol–water partition coefficient (Wildman–Crippen LogP) is 5.00. The first-order valence-electron chi connectivity index (χ1n) is 9.13. The Morgan fingerprint density at radius 2 is 1.90 bits per heavy atom. The van der Waals surface area contributed by atoms with Gasteiger partial charge in [-0.1, -0.05) is 37.6 Å². The number of nitrogens with zero attached hydrogens (tertiary/aromatic N) is 1. The van der Waals surface area contributed by atoms with Gasteiger partial charge in [0.15, 0.2) is 11.5 Å². The van der Waals surface area contributed by atoms with Gasteiger partial charge in [-0.15, -0.1) is 0 Å². The summed E-state index contributed by atoms with van der Waals surface area (Å²) in [7, 11) is 1.53. The van der Waals surface area contributed by atoms with Gasteiger partial charge >= 0.3 is 0 Å². The molecular formula is C22H21ClFNO4. The molecule has 2 aromatic carbocycles. The number of anilines is 1. The SMILES string of the molecule is COc1ccc(C2C(C(=O)CC(C)C)=C(O)C(=O)N2c2ccc(F)c(Cl)c2)cc1. The minimum atomic E-state index is -0.860. The summed E-state index contributed by atoms with van der Waals surface area (Å²) in [4.78, 5) is 27.1. The van der Waals surface area contributed by atoms with Crippen LogP contribution in [-0.4, -0.2) is 23.9 Å². The molecule has 0 saturated heterocycles. The average molecular weight is 418 g/mol. The van der Waals surface area contributed by atoms with Gasteiger partial charge in [0.1, 0.15) is 11.6 Å². The van der Waals surface area contributed by atoms with Gasteiger partial charge in [0.25, 0.3) is 5.91 Å². The quantitative estimate of drug-likeness (QED) is 0.718. The van der Waals surface area contributed by atoms with Gasteiger partial charge in [-0.2, -0.15) is 0 Å². The van der Waals surface area contributed by atoms with Crippen molar-refractivity contribution in [1.29, 1.82) is 0 Å². The van der Waals surface area contributed by atoms with Gasteiger partial charge in [0.05, 0.1) is 23.7 Å². The number of halogens is 2. The average Bonchev–Trinajstić information content (AvgIpc) is 2.95. The van der Waals surface area contributed by atoms with Crippen LogP contribution in [0.1, 0.15) is 31.9 Å². The van der Waals surface area contributed by atoms with E-state index in [0.29, 0.717) is 11.3 Å². The first-order valence-corrected chi connectivity index (χ1v) is 9.51. The van der Waals surface area contributed by atoms with Crippen molar-refractivity contribution in [2.75, 3.05) is 12.0 Å². The lowest BCUT2D eigenvalue weighted by Gasteiger charge is -2.27. The first kappa shape index (κ1) is 20.9. The fourth-order valence-electron chi connectivity index (χ4n) is 3.37. The zero-order valence-electron chi connectivity index (χ0n) is 16.3. The predicted molar refractivity (Wildman–Crippen MR) is 109 cm³/mol. The van der Waals surface area contributed by atoms with Crippen LogP contribution in [0.25, 0.3) is 0 Å². The molecule has 0 fully saturated rings. The minimum Gasteiger partial charge on any atom is -0.503 e. The zero-order valence-corrected chi connectivity index (χ0v) is 17.0. The van der Waals surface area contributed by atoms with Crippen LogP contribution in [0.15, 0.2) is 53.8 Å². The van der Waals surface area contributed by atoms with E-state index < -0.39 is 23.5 Å². The lowest BCUT2D eigenvalue weighted by Crippen LogP contribution is -2.31. The molecule has 1 heterocycles. The summed E-state index contributed by atoms with van der Waals surface area (Å²) in [5, 5.41) is 10.4. The van der Waals surface area contributed by atoms with Gasteiger partial charge in [0.2, 0.25) is 0 Å². The van der Waals surface area contributed by atoms with Gasteiger partial charge in [-0.3, -0.25) is 14.5 Å². The number of hydrogen-bond donors (Lipinski definition) is 1. The lowest BCUT2D eigenvalue weighted by molar-refractivity contribution is -0.118. The molecule has 0 bridgehead atoms. The second-order valence-electron chi connectivity index (χ2n) is 7.23. The number of methoxy groups -OCH3 is 1. The molecule has 1 aliphatic heterocycles. The number of ketones is 1. The summed E-state index contributed by atoms with van der Waals surface area (Å²) in [5.41, 5.74) is 0.909. The van der Waals surface area contributed by atoms with Gasteiger partial charge in [0, 0.05) is 12.1 Å². The highest BCUT2D eigenvalue weighted by Gasteiger charge is 2.44. The first-order chi connectivity index (χ1) is 13.7. The van der Waals surface area contributed by atoms with Crippen molar-refractivity contribution in [2.24, 2.45) is 5.92 Å². The van der Waals surface area contributed by atoms with E-state index >= 15 is 0 Å². The Morgan fingerprint density at radius 1 is 1.24 bits per heavy atom. The number of amides is 1. The molecule has 0 aliphatic carbocycles. The maximum absolute atomic E-state index is 13.6. The Morgan fingerprint density at radius 3 is 2.45 bits per heavy atom. The largest absolute Gasteiger partial charge is 0.503 e. The molecule has 3 rings (SSSR count).